The number of carboxylic acids is 1. The number of hydrogen-bond acceptors (Lipinski definition) is 6. The number of carboxylic acid groups (broad SMARTS) is 1. The number of rotatable bonds is 9. The van der Waals surface area contributed by atoms with Crippen molar-refractivity contribution in [1.29, 1.82) is 0 Å². The van der Waals surface area contributed by atoms with Crippen LogP contribution in [-0.4, -0.2) is 30.4 Å². The maximum atomic E-state index is 11.6. The number of aromatic carboxylic acids is 1. The van der Waals surface area contributed by atoms with Gasteiger partial charge in [0.1, 0.15) is 0 Å². The van der Waals surface area contributed by atoms with Crippen LogP contribution in [0.1, 0.15) is 77.3 Å². The van der Waals surface area contributed by atoms with E-state index in [2.05, 4.69) is 29.2 Å². The predicted molar refractivity (Wildman–Crippen MR) is 147 cm³/mol. The molecule has 6 rings (SSSR count). The predicted octanol–water partition coefficient (Wildman–Crippen LogP) is 6.08. The number of thiol groups is 1. The molecule has 38 heavy (non-hydrogen) atoms. The lowest BCUT2D eigenvalue weighted by Crippen LogP contribution is -2.06. The van der Waals surface area contributed by atoms with Crippen molar-refractivity contribution in [3.05, 3.63) is 82.0 Å². The highest BCUT2D eigenvalue weighted by atomic mass is 32.2. The largest absolute Gasteiger partial charge is 0.612 e. The maximum absolute atomic E-state index is 11.6. The fraction of sp³-hybridized carbons (Fsp3) is 0.345. The SMILES string of the molecule is O=C(O)c1csc(-n2nc(-c3cccc(C4CCCC4)c3)c(Cc3ccc([SH+](=O)[O-])cc3)c2CC2CC2)n1. The van der Waals surface area contributed by atoms with Gasteiger partial charge in [0.2, 0.25) is 5.13 Å². The summed E-state index contributed by atoms with van der Waals surface area (Å²) < 4.78 is 24.7. The molecule has 2 fully saturated rings. The fourth-order valence-corrected chi connectivity index (χ4v) is 6.63. The first kappa shape index (κ1) is 25.2. The first-order valence-electron chi connectivity index (χ1n) is 13.1. The minimum absolute atomic E-state index is 0.0199. The summed E-state index contributed by atoms with van der Waals surface area (Å²) in [5.41, 5.74) is 6.44. The second-order valence-electron chi connectivity index (χ2n) is 10.4. The Labute approximate surface area is 227 Å². The van der Waals surface area contributed by atoms with Crippen LogP contribution in [0.25, 0.3) is 16.4 Å². The van der Waals surface area contributed by atoms with Gasteiger partial charge in [0, 0.05) is 22.9 Å². The Balaban J connectivity index is 1.48. The van der Waals surface area contributed by atoms with E-state index in [0.29, 0.717) is 28.3 Å². The summed E-state index contributed by atoms with van der Waals surface area (Å²) in [6.07, 6.45) is 8.73. The molecule has 0 bridgehead atoms. The third-order valence-corrected chi connectivity index (χ3v) is 9.21. The van der Waals surface area contributed by atoms with Gasteiger partial charge in [0.25, 0.3) is 0 Å². The molecule has 4 aromatic rings. The van der Waals surface area contributed by atoms with Gasteiger partial charge in [-0.05, 0) is 73.3 Å². The zero-order chi connectivity index (χ0) is 26.2. The molecule has 2 aromatic carbocycles. The molecule has 9 heteroatoms. The van der Waals surface area contributed by atoms with Gasteiger partial charge in [0.05, 0.1) is 22.5 Å². The Bertz CT molecular complexity index is 1500. The van der Waals surface area contributed by atoms with Crippen molar-refractivity contribution in [3.63, 3.8) is 0 Å². The van der Waals surface area contributed by atoms with Crippen LogP contribution < -0.4 is 0 Å². The smallest absolute Gasteiger partial charge is 0.355 e. The lowest BCUT2D eigenvalue weighted by molar-refractivity contribution is 0.0691. The van der Waals surface area contributed by atoms with Gasteiger partial charge in [-0.1, -0.05) is 43.2 Å². The summed E-state index contributed by atoms with van der Waals surface area (Å²) in [6.45, 7) is 0. The number of hydrogen-bond donors (Lipinski definition) is 1. The Kier molecular flexibility index (Phi) is 6.99. The summed E-state index contributed by atoms with van der Waals surface area (Å²) in [6, 6.07) is 15.7. The number of thiazole rings is 1. The fourth-order valence-electron chi connectivity index (χ4n) is 5.46. The number of carbonyl (C=O) groups is 1. The quantitative estimate of drug-likeness (QED) is 0.201. The molecule has 0 saturated heterocycles. The molecule has 0 aliphatic heterocycles. The maximum Gasteiger partial charge on any atom is 0.355 e. The second-order valence-corrected chi connectivity index (χ2v) is 12.2. The van der Waals surface area contributed by atoms with Crippen LogP contribution in [0.5, 0.6) is 0 Å². The Morgan fingerprint density at radius 1 is 1.11 bits per heavy atom. The first-order chi connectivity index (χ1) is 18.5. The summed E-state index contributed by atoms with van der Waals surface area (Å²) >= 11 is -1.34. The second kappa shape index (κ2) is 10.6. The minimum Gasteiger partial charge on any atom is -0.612 e. The standard InChI is InChI=1S/C29H29N3O4S2/c33-28(34)25-17-37-29(30-25)32-26(15-19-8-9-19)24(14-18-10-12-23(13-11-18)38(35)36)27(31-32)22-7-3-6-21(16-22)20-4-1-2-5-20/h3,6-7,10-13,16-17,19-20,38H,1-2,4-5,8-9,14-15H2,(H-,33,34,35,36). The third kappa shape index (κ3) is 5.23. The zero-order valence-electron chi connectivity index (χ0n) is 20.9. The van der Waals surface area contributed by atoms with Crippen molar-refractivity contribution in [3.8, 4) is 16.4 Å². The van der Waals surface area contributed by atoms with E-state index in [1.54, 1.807) is 17.5 Å². The van der Waals surface area contributed by atoms with Crippen LogP contribution in [0.3, 0.4) is 0 Å². The molecule has 2 aliphatic carbocycles. The number of aromatic nitrogens is 3. The molecule has 2 heterocycles. The van der Waals surface area contributed by atoms with Crippen LogP contribution in [0, 0.1) is 5.92 Å². The molecule has 196 valence electrons. The Morgan fingerprint density at radius 3 is 2.53 bits per heavy atom. The van der Waals surface area contributed by atoms with Crippen molar-refractivity contribution in [2.75, 3.05) is 0 Å². The van der Waals surface area contributed by atoms with Gasteiger partial charge in [-0.3, -0.25) is 0 Å². The average Bonchev–Trinajstić information content (AvgIpc) is 3.28. The molecule has 1 atom stereocenters. The Hall–Kier alpha value is -3.14. The molecule has 2 aromatic heterocycles. The molecule has 0 amide bonds. The van der Waals surface area contributed by atoms with Crippen LogP contribution in [0.15, 0.2) is 58.8 Å². The highest BCUT2D eigenvalue weighted by Gasteiger charge is 2.29. The molecular weight excluding hydrogens is 518 g/mol. The van der Waals surface area contributed by atoms with Gasteiger partial charge in [-0.25, -0.2) is 14.5 Å². The summed E-state index contributed by atoms with van der Waals surface area (Å²) in [5.74, 6) is 0.0997. The van der Waals surface area contributed by atoms with E-state index in [1.165, 1.54) is 55.4 Å². The highest BCUT2D eigenvalue weighted by molar-refractivity contribution is 7.79. The monoisotopic (exact) mass is 547 g/mol. The lowest BCUT2D eigenvalue weighted by Gasteiger charge is -2.12. The lowest BCUT2D eigenvalue weighted by atomic mass is 9.92. The molecule has 2 aliphatic rings. The van der Waals surface area contributed by atoms with Crippen LogP contribution in [-0.2, 0) is 28.1 Å². The van der Waals surface area contributed by atoms with E-state index in [-0.39, 0.29) is 5.69 Å². The van der Waals surface area contributed by atoms with Crippen LogP contribution in [0.2, 0.25) is 0 Å². The average molecular weight is 548 g/mol. The van der Waals surface area contributed by atoms with Gasteiger partial charge in [-0.15, -0.1) is 15.5 Å². The molecule has 1 N–H and O–H groups in total. The number of nitrogens with zero attached hydrogens (tertiary/aromatic N) is 3. The number of benzene rings is 2. The molecule has 0 spiro atoms. The van der Waals surface area contributed by atoms with E-state index in [1.807, 2.05) is 16.8 Å². The molecule has 0 radical (unpaired) electrons. The van der Waals surface area contributed by atoms with Gasteiger partial charge in [0.15, 0.2) is 10.6 Å². The van der Waals surface area contributed by atoms with Crippen molar-refractivity contribution in [2.24, 2.45) is 5.92 Å². The zero-order valence-corrected chi connectivity index (χ0v) is 22.6. The normalized spacial score (nSPS) is 16.7. The Morgan fingerprint density at radius 2 is 1.87 bits per heavy atom. The molecule has 2 saturated carbocycles. The van der Waals surface area contributed by atoms with Gasteiger partial charge < -0.3 is 9.66 Å². The van der Waals surface area contributed by atoms with E-state index in [0.717, 1.165) is 34.5 Å². The van der Waals surface area contributed by atoms with E-state index in [9.17, 15) is 18.7 Å². The molecular formula is C29H29N3O4S2. The minimum atomic E-state index is -2.63. The van der Waals surface area contributed by atoms with E-state index in [4.69, 9.17) is 5.10 Å². The van der Waals surface area contributed by atoms with E-state index < -0.39 is 17.0 Å². The summed E-state index contributed by atoms with van der Waals surface area (Å²) in [4.78, 5) is 16.2. The topological polar surface area (TPSA) is 108 Å². The van der Waals surface area contributed by atoms with Crippen LogP contribution in [0.4, 0.5) is 0 Å². The summed E-state index contributed by atoms with van der Waals surface area (Å²) in [7, 11) is 0. The van der Waals surface area contributed by atoms with Crippen molar-refractivity contribution in [1.82, 2.24) is 14.8 Å². The van der Waals surface area contributed by atoms with Crippen molar-refractivity contribution in [2.45, 2.75) is 62.2 Å². The van der Waals surface area contributed by atoms with Crippen LogP contribution >= 0.6 is 11.3 Å². The van der Waals surface area contributed by atoms with Gasteiger partial charge in [-0.2, -0.15) is 5.10 Å². The first-order valence-corrected chi connectivity index (χ1v) is 15.2. The van der Waals surface area contributed by atoms with Crippen molar-refractivity contribution >= 4 is 28.4 Å². The van der Waals surface area contributed by atoms with Crippen molar-refractivity contribution < 1.29 is 18.7 Å². The van der Waals surface area contributed by atoms with E-state index >= 15 is 0 Å². The third-order valence-electron chi connectivity index (χ3n) is 7.68. The molecule has 7 nitrogen and oxygen atoms in total. The highest BCUT2D eigenvalue weighted by Crippen LogP contribution is 2.40. The molecule has 1 unspecified atom stereocenters. The summed E-state index contributed by atoms with van der Waals surface area (Å²) in [5, 5.41) is 16.7. The van der Waals surface area contributed by atoms with Gasteiger partial charge >= 0.3 is 5.97 Å².